The van der Waals surface area contributed by atoms with Gasteiger partial charge >= 0.3 is 0 Å². The molecule has 1 N–H and O–H groups in total. The Balaban J connectivity index is 1.84. The molecule has 1 saturated heterocycles. The number of likely N-dealkylation sites (tertiary alicyclic amines) is 1. The minimum atomic E-state index is -0.666. The maximum absolute atomic E-state index is 13.5. The Morgan fingerprint density at radius 3 is 2.65 bits per heavy atom. The second-order valence-electron chi connectivity index (χ2n) is 4.69. The fraction of sp³-hybridized carbons (Fsp3) is 0.429. The largest absolute Gasteiger partial charge is 0.351 e. The summed E-state index contributed by atoms with van der Waals surface area (Å²) in [4.78, 5) is 25.4. The monoisotopic (exact) mass is 298 g/mol. The van der Waals surface area contributed by atoms with Gasteiger partial charge in [-0.3, -0.25) is 9.59 Å². The zero-order valence-corrected chi connectivity index (χ0v) is 11.8. The van der Waals surface area contributed by atoms with Gasteiger partial charge < -0.3 is 10.2 Å². The summed E-state index contributed by atoms with van der Waals surface area (Å²) in [5.41, 5.74) is -0.178. The summed E-state index contributed by atoms with van der Waals surface area (Å²) in [7, 11) is 0. The molecule has 1 aromatic carbocycles. The van der Waals surface area contributed by atoms with E-state index < -0.39 is 11.7 Å². The summed E-state index contributed by atoms with van der Waals surface area (Å²) in [6.07, 6.45) is 2.28. The molecule has 4 nitrogen and oxygen atoms in total. The summed E-state index contributed by atoms with van der Waals surface area (Å²) in [5, 5.41) is 2.59. The van der Waals surface area contributed by atoms with Gasteiger partial charge in [-0.05, 0) is 25.0 Å². The zero-order chi connectivity index (χ0) is 14.5. The third-order valence-electron chi connectivity index (χ3n) is 3.27. The molecule has 0 aromatic heterocycles. The van der Waals surface area contributed by atoms with Crippen LogP contribution in [0.3, 0.4) is 0 Å². The number of benzene rings is 1. The van der Waals surface area contributed by atoms with Crippen molar-refractivity contribution in [3.63, 3.8) is 0 Å². The van der Waals surface area contributed by atoms with E-state index in [1.165, 1.54) is 18.2 Å². The minimum Gasteiger partial charge on any atom is -0.351 e. The lowest BCUT2D eigenvalue weighted by atomic mass is 10.2. The van der Waals surface area contributed by atoms with Crippen molar-refractivity contribution in [2.24, 2.45) is 0 Å². The van der Waals surface area contributed by atoms with Gasteiger partial charge in [-0.2, -0.15) is 0 Å². The van der Waals surface area contributed by atoms with Gasteiger partial charge in [-0.1, -0.05) is 17.7 Å². The van der Waals surface area contributed by atoms with Crippen LogP contribution in [0.1, 0.15) is 29.6 Å². The number of nitrogens with one attached hydrogen (secondary N) is 1. The average molecular weight is 299 g/mol. The average Bonchev–Trinajstić information content (AvgIpc) is 2.92. The first-order valence-corrected chi connectivity index (χ1v) is 6.97. The number of amides is 2. The molecule has 1 fully saturated rings. The Hall–Kier alpha value is -1.62. The summed E-state index contributed by atoms with van der Waals surface area (Å²) >= 11 is 5.79. The van der Waals surface area contributed by atoms with Gasteiger partial charge in [0.05, 0.1) is 10.6 Å². The Morgan fingerprint density at radius 2 is 2.00 bits per heavy atom. The standard InChI is InChI=1S/C14H16ClFN2O2/c15-10-4-3-5-11(16)13(10)14(20)17-7-6-12(19)18-8-1-2-9-18/h3-5H,1-2,6-9H2,(H,17,20). The Kier molecular flexibility index (Phi) is 4.95. The summed E-state index contributed by atoms with van der Waals surface area (Å²) in [6.45, 7) is 1.75. The number of rotatable bonds is 4. The minimum absolute atomic E-state index is 0.0161. The highest BCUT2D eigenvalue weighted by molar-refractivity contribution is 6.33. The molecular formula is C14H16ClFN2O2. The lowest BCUT2D eigenvalue weighted by Crippen LogP contribution is -2.33. The van der Waals surface area contributed by atoms with E-state index in [1.54, 1.807) is 4.90 Å². The van der Waals surface area contributed by atoms with E-state index >= 15 is 0 Å². The van der Waals surface area contributed by atoms with Crippen LogP contribution >= 0.6 is 11.6 Å². The topological polar surface area (TPSA) is 49.4 Å². The second kappa shape index (κ2) is 6.70. The quantitative estimate of drug-likeness (QED) is 0.926. The molecule has 2 rings (SSSR count). The number of carbonyl (C=O) groups is 2. The van der Waals surface area contributed by atoms with E-state index in [0.717, 1.165) is 25.9 Å². The highest BCUT2D eigenvalue weighted by Crippen LogP contribution is 2.18. The van der Waals surface area contributed by atoms with Crippen molar-refractivity contribution >= 4 is 23.4 Å². The highest BCUT2D eigenvalue weighted by atomic mass is 35.5. The van der Waals surface area contributed by atoms with Gasteiger partial charge in [0.15, 0.2) is 0 Å². The van der Waals surface area contributed by atoms with Crippen LogP contribution in [0.15, 0.2) is 18.2 Å². The van der Waals surface area contributed by atoms with Crippen LogP contribution in [-0.4, -0.2) is 36.3 Å². The number of hydrogen-bond acceptors (Lipinski definition) is 2. The van der Waals surface area contributed by atoms with E-state index in [4.69, 9.17) is 11.6 Å². The van der Waals surface area contributed by atoms with Crippen molar-refractivity contribution < 1.29 is 14.0 Å². The number of halogens is 2. The van der Waals surface area contributed by atoms with Crippen molar-refractivity contribution in [3.05, 3.63) is 34.6 Å². The van der Waals surface area contributed by atoms with Crippen molar-refractivity contribution in [1.82, 2.24) is 10.2 Å². The third kappa shape index (κ3) is 3.48. The molecule has 0 radical (unpaired) electrons. The summed E-state index contributed by atoms with van der Waals surface area (Å²) in [5.74, 6) is -1.24. The molecule has 1 heterocycles. The highest BCUT2D eigenvalue weighted by Gasteiger charge is 2.19. The van der Waals surface area contributed by atoms with E-state index in [2.05, 4.69) is 5.32 Å². The molecule has 108 valence electrons. The normalized spacial score (nSPS) is 14.4. The number of hydrogen-bond donors (Lipinski definition) is 1. The maximum Gasteiger partial charge on any atom is 0.255 e. The fourth-order valence-corrected chi connectivity index (χ4v) is 2.46. The molecule has 0 aliphatic carbocycles. The van der Waals surface area contributed by atoms with Gasteiger partial charge in [-0.25, -0.2) is 4.39 Å². The predicted molar refractivity (Wildman–Crippen MR) is 74.2 cm³/mol. The molecule has 0 saturated carbocycles. The summed E-state index contributed by atoms with van der Waals surface area (Å²) in [6, 6.07) is 4.07. The number of carbonyl (C=O) groups excluding carboxylic acids is 2. The molecule has 0 spiro atoms. The second-order valence-corrected chi connectivity index (χ2v) is 5.10. The summed E-state index contributed by atoms with van der Waals surface area (Å²) < 4.78 is 13.5. The van der Waals surface area contributed by atoms with Gasteiger partial charge in [0, 0.05) is 26.1 Å². The third-order valence-corrected chi connectivity index (χ3v) is 3.59. The lowest BCUT2D eigenvalue weighted by Gasteiger charge is -2.15. The van der Waals surface area contributed by atoms with E-state index in [9.17, 15) is 14.0 Å². The first-order chi connectivity index (χ1) is 9.59. The van der Waals surface area contributed by atoms with Gasteiger partial charge in [0.2, 0.25) is 5.91 Å². The van der Waals surface area contributed by atoms with Gasteiger partial charge in [0.25, 0.3) is 5.91 Å². The lowest BCUT2D eigenvalue weighted by molar-refractivity contribution is -0.129. The van der Waals surface area contributed by atoms with E-state index in [1.807, 2.05) is 0 Å². The van der Waals surface area contributed by atoms with Crippen molar-refractivity contribution in [2.45, 2.75) is 19.3 Å². The van der Waals surface area contributed by atoms with Crippen LogP contribution in [0.4, 0.5) is 4.39 Å². The molecule has 1 aliphatic heterocycles. The predicted octanol–water partition coefficient (Wildman–Crippen LogP) is 2.22. The van der Waals surface area contributed by atoms with E-state index in [0.29, 0.717) is 0 Å². The van der Waals surface area contributed by atoms with Crippen LogP contribution in [0, 0.1) is 5.82 Å². The zero-order valence-electron chi connectivity index (χ0n) is 11.0. The Bertz CT molecular complexity index is 496. The fourth-order valence-electron chi connectivity index (χ4n) is 2.21. The van der Waals surface area contributed by atoms with Crippen LogP contribution < -0.4 is 5.32 Å². The first-order valence-electron chi connectivity index (χ1n) is 6.59. The van der Waals surface area contributed by atoms with E-state index in [-0.39, 0.29) is 29.5 Å². The first kappa shape index (κ1) is 14.8. The molecule has 2 amide bonds. The molecule has 0 atom stereocenters. The van der Waals surface area contributed by atoms with Crippen LogP contribution in [0.25, 0.3) is 0 Å². The molecule has 6 heteroatoms. The molecule has 0 bridgehead atoms. The van der Waals surface area contributed by atoms with Gasteiger partial charge in [-0.15, -0.1) is 0 Å². The van der Waals surface area contributed by atoms with Crippen LogP contribution in [-0.2, 0) is 4.79 Å². The molecular weight excluding hydrogens is 283 g/mol. The molecule has 1 aliphatic rings. The Morgan fingerprint density at radius 1 is 1.30 bits per heavy atom. The van der Waals surface area contributed by atoms with Crippen molar-refractivity contribution in [2.75, 3.05) is 19.6 Å². The SMILES string of the molecule is O=C(NCCC(=O)N1CCCC1)c1c(F)cccc1Cl. The smallest absolute Gasteiger partial charge is 0.255 e. The van der Waals surface area contributed by atoms with Gasteiger partial charge in [0.1, 0.15) is 5.82 Å². The van der Waals surface area contributed by atoms with Crippen LogP contribution in [0.2, 0.25) is 5.02 Å². The Labute approximate surface area is 121 Å². The van der Waals surface area contributed by atoms with Crippen LogP contribution in [0.5, 0.6) is 0 Å². The van der Waals surface area contributed by atoms with Crippen molar-refractivity contribution in [1.29, 1.82) is 0 Å². The number of nitrogens with zero attached hydrogens (tertiary/aromatic N) is 1. The molecule has 20 heavy (non-hydrogen) atoms. The van der Waals surface area contributed by atoms with Crippen molar-refractivity contribution in [3.8, 4) is 0 Å². The molecule has 0 unspecified atom stereocenters. The molecule has 1 aromatic rings. The maximum atomic E-state index is 13.5.